The lowest BCUT2D eigenvalue weighted by Crippen LogP contribution is -2.20. The summed E-state index contributed by atoms with van der Waals surface area (Å²) < 4.78 is 16.6. The summed E-state index contributed by atoms with van der Waals surface area (Å²) in [6.45, 7) is 2.18. The highest BCUT2D eigenvalue weighted by molar-refractivity contribution is 7.51. The summed E-state index contributed by atoms with van der Waals surface area (Å²) in [6, 6.07) is 17.0. The Morgan fingerprint density at radius 2 is 1.65 bits per heavy atom. The summed E-state index contributed by atoms with van der Waals surface area (Å²) in [5.41, 5.74) is 2.74. The van der Waals surface area contributed by atoms with Gasteiger partial charge in [-0.3, -0.25) is 9.36 Å². The first kappa shape index (κ1) is 20.4. The third kappa shape index (κ3) is 6.75. The van der Waals surface area contributed by atoms with E-state index >= 15 is 0 Å². The minimum absolute atomic E-state index is 0.195. The second kappa shape index (κ2) is 9.67. The summed E-state index contributed by atoms with van der Waals surface area (Å²) in [5, 5.41) is 0. The lowest BCUT2D eigenvalue weighted by molar-refractivity contribution is -0.150. The molecular formula is C20H25O5P. The van der Waals surface area contributed by atoms with Crippen LogP contribution in [0.15, 0.2) is 54.6 Å². The molecule has 6 heteroatoms. The van der Waals surface area contributed by atoms with Crippen molar-refractivity contribution in [2.24, 2.45) is 5.92 Å². The molecule has 1 unspecified atom stereocenters. The average Bonchev–Trinajstić information content (AvgIpc) is 2.63. The third-order valence-corrected chi connectivity index (χ3v) is 5.11. The first-order valence-electron chi connectivity index (χ1n) is 8.71. The predicted molar refractivity (Wildman–Crippen MR) is 101 cm³/mol. The lowest BCUT2D eigenvalue weighted by atomic mass is 9.93. The lowest BCUT2D eigenvalue weighted by Gasteiger charge is -2.17. The molecule has 0 radical (unpaired) electrons. The van der Waals surface area contributed by atoms with Crippen LogP contribution in [0, 0.1) is 5.92 Å². The summed E-state index contributed by atoms with van der Waals surface area (Å²) in [5.74, 6) is -0.531. The maximum Gasteiger partial charge on any atom is 0.325 e. The first-order chi connectivity index (χ1) is 12.4. The van der Waals surface area contributed by atoms with E-state index < -0.39 is 7.60 Å². The van der Waals surface area contributed by atoms with Gasteiger partial charge in [-0.25, -0.2) is 0 Å². The van der Waals surface area contributed by atoms with Crippen molar-refractivity contribution < 1.29 is 23.9 Å². The van der Waals surface area contributed by atoms with Gasteiger partial charge in [0.2, 0.25) is 0 Å². The molecule has 0 aliphatic heterocycles. The molecule has 2 aromatic carbocycles. The molecule has 2 rings (SSSR count). The van der Waals surface area contributed by atoms with Crippen molar-refractivity contribution in [2.45, 2.75) is 32.8 Å². The molecular weight excluding hydrogens is 351 g/mol. The molecule has 0 saturated heterocycles. The second-order valence-electron chi connectivity index (χ2n) is 6.31. The highest BCUT2D eigenvalue weighted by Crippen LogP contribution is 2.35. The van der Waals surface area contributed by atoms with Crippen molar-refractivity contribution in [1.29, 1.82) is 0 Å². The van der Waals surface area contributed by atoms with E-state index in [2.05, 4.69) is 0 Å². The largest absolute Gasteiger partial charge is 0.461 e. The first-order valence-corrected chi connectivity index (χ1v) is 10.5. The normalized spacial score (nSPS) is 12.6. The number of hydrogen-bond acceptors (Lipinski definition) is 3. The van der Waals surface area contributed by atoms with E-state index in [1.54, 1.807) is 0 Å². The Hall–Kier alpha value is -1.94. The SMILES string of the molecule is CCC(Cc1ccccc1CCP(=O)(O)O)C(=O)OCc1ccccc1. The molecule has 140 valence electrons. The van der Waals surface area contributed by atoms with Gasteiger partial charge in [-0.15, -0.1) is 0 Å². The molecule has 0 aliphatic carbocycles. The number of carbonyl (C=O) groups is 1. The molecule has 0 amide bonds. The molecule has 0 bridgehead atoms. The minimum Gasteiger partial charge on any atom is -0.461 e. The Labute approximate surface area is 154 Å². The molecule has 2 N–H and O–H groups in total. The van der Waals surface area contributed by atoms with Crippen molar-refractivity contribution in [3.63, 3.8) is 0 Å². The Morgan fingerprint density at radius 3 is 2.27 bits per heavy atom. The van der Waals surface area contributed by atoms with Crippen LogP contribution < -0.4 is 0 Å². The van der Waals surface area contributed by atoms with Crippen LogP contribution in [0.25, 0.3) is 0 Å². The maximum absolute atomic E-state index is 12.4. The Morgan fingerprint density at radius 1 is 1.04 bits per heavy atom. The molecule has 0 aromatic heterocycles. The van der Waals surface area contributed by atoms with E-state index in [4.69, 9.17) is 14.5 Å². The zero-order valence-corrected chi connectivity index (χ0v) is 15.8. The molecule has 0 saturated carbocycles. The molecule has 5 nitrogen and oxygen atoms in total. The average molecular weight is 376 g/mol. The molecule has 0 spiro atoms. The number of benzene rings is 2. The minimum atomic E-state index is -4.05. The Bertz CT molecular complexity index is 754. The molecule has 0 heterocycles. The van der Waals surface area contributed by atoms with Gasteiger partial charge in [-0.2, -0.15) is 0 Å². The van der Waals surface area contributed by atoms with E-state index in [0.717, 1.165) is 16.7 Å². The highest BCUT2D eigenvalue weighted by Gasteiger charge is 2.21. The van der Waals surface area contributed by atoms with E-state index in [1.165, 1.54) is 0 Å². The number of carbonyl (C=O) groups excluding carboxylic acids is 1. The maximum atomic E-state index is 12.4. The van der Waals surface area contributed by atoms with E-state index in [1.807, 2.05) is 61.5 Å². The van der Waals surface area contributed by atoms with Gasteiger partial charge in [-0.1, -0.05) is 61.5 Å². The van der Waals surface area contributed by atoms with Gasteiger partial charge < -0.3 is 14.5 Å². The summed E-state index contributed by atoms with van der Waals surface area (Å²) in [4.78, 5) is 30.6. The van der Waals surface area contributed by atoms with Gasteiger partial charge in [0.05, 0.1) is 12.1 Å². The smallest absolute Gasteiger partial charge is 0.325 e. The number of esters is 1. The van der Waals surface area contributed by atoms with Gasteiger partial charge in [0, 0.05) is 0 Å². The van der Waals surface area contributed by atoms with Crippen LogP contribution in [0.3, 0.4) is 0 Å². The van der Waals surface area contributed by atoms with Gasteiger partial charge in [0.1, 0.15) is 6.61 Å². The topological polar surface area (TPSA) is 83.8 Å². The van der Waals surface area contributed by atoms with E-state index in [-0.39, 0.29) is 31.1 Å². The summed E-state index contributed by atoms with van der Waals surface area (Å²) >= 11 is 0. The molecule has 26 heavy (non-hydrogen) atoms. The number of rotatable bonds is 9. The quantitative estimate of drug-likeness (QED) is 0.515. The fourth-order valence-electron chi connectivity index (χ4n) is 2.77. The third-order valence-electron chi connectivity index (χ3n) is 4.31. The standard InChI is InChI=1S/C20H25O5P/c1-2-17(20(21)25-15-16-8-4-3-5-9-16)14-19-11-7-6-10-18(19)12-13-26(22,23)24/h3-11,17H,2,12-15H2,1H3,(H2,22,23,24). The molecule has 0 fully saturated rings. The van der Waals surface area contributed by atoms with Crippen molar-refractivity contribution in [3.05, 3.63) is 71.3 Å². The van der Waals surface area contributed by atoms with Crippen molar-refractivity contribution >= 4 is 13.6 Å². The fourth-order valence-corrected chi connectivity index (χ4v) is 3.31. The zero-order valence-electron chi connectivity index (χ0n) is 14.9. The molecule has 2 aromatic rings. The van der Waals surface area contributed by atoms with Gasteiger partial charge in [-0.05, 0) is 36.0 Å². The van der Waals surface area contributed by atoms with Crippen molar-refractivity contribution in [1.82, 2.24) is 0 Å². The van der Waals surface area contributed by atoms with Crippen LogP contribution in [0.4, 0.5) is 0 Å². The van der Waals surface area contributed by atoms with Crippen LogP contribution in [-0.2, 0) is 33.5 Å². The second-order valence-corrected chi connectivity index (χ2v) is 8.09. The van der Waals surface area contributed by atoms with Crippen LogP contribution >= 0.6 is 7.60 Å². The van der Waals surface area contributed by atoms with Crippen LogP contribution in [0.2, 0.25) is 0 Å². The van der Waals surface area contributed by atoms with Crippen molar-refractivity contribution in [2.75, 3.05) is 6.16 Å². The summed E-state index contributed by atoms with van der Waals surface area (Å²) in [6.07, 6.45) is 1.23. The van der Waals surface area contributed by atoms with Gasteiger partial charge >= 0.3 is 13.6 Å². The van der Waals surface area contributed by atoms with Gasteiger partial charge in [0.25, 0.3) is 0 Å². The van der Waals surface area contributed by atoms with E-state index in [9.17, 15) is 9.36 Å². The zero-order chi connectivity index (χ0) is 19.0. The number of hydrogen-bond donors (Lipinski definition) is 2. The van der Waals surface area contributed by atoms with Gasteiger partial charge in [0.15, 0.2) is 0 Å². The molecule has 0 aliphatic rings. The van der Waals surface area contributed by atoms with E-state index in [0.29, 0.717) is 12.8 Å². The van der Waals surface area contributed by atoms with Crippen LogP contribution in [0.1, 0.15) is 30.0 Å². The monoisotopic (exact) mass is 376 g/mol. The highest BCUT2D eigenvalue weighted by atomic mass is 31.2. The Balaban J connectivity index is 2.00. The predicted octanol–water partition coefficient (Wildman–Crippen LogP) is 3.72. The fraction of sp³-hybridized carbons (Fsp3) is 0.350. The molecule has 1 atom stereocenters. The van der Waals surface area contributed by atoms with Crippen molar-refractivity contribution in [3.8, 4) is 0 Å². The number of ether oxygens (including phenoxy) is 1. The van der Waals surface area contributed by atoms with Crippen LogP contribution in [0.5, 0.6) is 0 Å². The summed E-state index contributed by atoms with van der Waals surface area (Å²) in [7, 11) is -4.05. The number of aryl methyl sites for hydroxylation is 1. The Kier molecular flexibility index (Phi) is 7.58. The van der Waals surface area contributed by atoms with Crippen LogP contribution in [-0.4, -0.2) is 21.9 Å².